The monoisotopic (exact) mass is 451 g/mol. The van der Waals surface area contributed by atoms with Gasteiger partial charge in [-0.05, 0) is 55.0 Å². The van der Waals surface area contributed by atoms with Gasteiger partial charge in [0.1, 0.15) is 22.8 Å². The summed E-state index contributed by atoms with van der Waals surface area (Å²) in [5.41, 5.74) is 5.40. The first-order valence-electron chi connectivity index (χ1n) is 8.94. The zero-order chi connectivity index (χ0) is 20.2. The number of rotatable bonds is 6. The molecular formula is C21H18BrN5O2. The van der Waals surface area contributed by atoms with E-state index in [-0.39, 0.29) is 5.56 Å². The van der Waals surface area contributed by atoms with Gasteiger partial charge in [-0.3, -0.25) is 14.6 Å². The van der Waals surface area contributed by atoms with Crippen LogP contribution >= 0.6 is 15.9 Å². The second kappa shape index (κ2) is 8.32. The van der Waals surface area contributed by atoms with Gasteiger partial charge in [-0.25, -0.2) is 4.98 Å². The summed E-state index contributed by atoms with van der Waals surface area (Å²) in [5.74, 6) is 1.18. The molecule has 8 heteroatoms. The number of hydrogen-bond donors (Lipinski definition) is 2. The van der Waals surface area contributed by atoms with Gasteiger partial charge in [-0.2, -0.15) is 5.10 Å². The maximum absolute atomic E-state index is 13.1. The predicted octanol–water partition coefficient (Wildman–Crippen LogP) is 4.42. The fourth-order valence-corrected chi connectivity index (χ4v) is 3.05. The molecule has 0 amide bonds. The van der Waals surface area contributed by atoms with E-state index in [1.54, 1.807) is 12.5 Å². The quantitative estimate of drug-likeness (QED) is 0.334. The van der Waals surface area contributed by atoms with E-state index < -0.39 is 0 Å². The topological polar surface area (TPSA) is 83.9 Å². The highest BCUT2D eigenvalue weighted by atomic mass is 79.9. The highest BCUT2D eigenvalue weighted by Gasteiger charge is 2.12. The Morgan fingerprint density at radius 3 is 2.79 bits per heavy atom. The molecule has 0 atom stereocenters. The van der Waals surface area contributed by atoms with Gasteiger partial charge in [0.15, 0.2) is 0 Å². The molecule has 1 aromatic carbocycles. The smallest absolute Gasteiger partial charge is 0.268 e. The molecule has 0 aliphatic rings. The van der Waals surface area contributed by atoms with Gasteiger partial charge in [-0.1, -0.05) is 22.0 Å². The van der Waals surface area contributed by atoms with Gasteiger partial charge < -0.3 is 9.73 Å². The van der Waals surface area contributed by atoms with Crippen molar-refractivity contribution in [2.45, 2.75) is 13.5 Å². The number of hydrazone groups is 1. The van der Waals surface area contributed by atoms with Crippen molar-refractivity contribution in [3.05, 3.63) is 92.7 Å². The van der Waals surface area contributed by atoms with Gasteiger partial charge in [0.2, 0.25) is 0 Å². The predicted molar refractivity (Wildman–Crippen MR) is 118 cm³/mol. The van der Waals surface area contributed by atoms with Crippen LogP contribution in [0.5, 0.6) is 0 Å². The largest absolute Gasteiger partial charge is 0.467 e. The molecule has 0 saturated heterocycles. The number of benzene rings is 1. The Morgan fingerprint density at radius 1 is 1.21 bits per heavy atom. The number of furan rings is 1. The van der Waals surface area contributed by atoms with Crippen LogP contribution < -0.4 is 16.3 Å². The molecule has 4 rings (SSSR count). The van der Waals surface area contributed by atoms with Crippen LogP contribution in [-0.4, -0.2) is 15.6 Å². The molecule has 0 spiro atoms. The van der Waals surface area contributed by atoms with E-state index in [2.05, 4.69) is 36.8 Å². The molecule has 0 radical (unpaired) electrons. The average molecular weight is 452 g/mol. The standard InChI is InChI=1S/C21H18BrN5O2/c1-14-4-9-19-25-20(23-11-17-3-2-10-29-17)18(21(28)27(19)13-14)12-24-26-16-7-5-15(22)6-8-16/h2-10,12-13,23,26H,11H2,1H3/b24-12-. The molecule has 3 heterocycles. The fraction of sp³-hybridized carbons (Fsp3) is 0.0952. The molecule has 2 N–H and O–H groups in total. The van der Waals surface area contributed by atoms with Gasteiger partial charge in [0, 0.05) is 10.7 Å². The van der Waals surface area contributed by atoms with E-state index in [9.17, 15) is 4.79 Å². The highest BCUT2D eigenvalue weighted by molar-refractivity contribution is 9.10. The minimum Gasteiger partial charge on any atom is -0.467 e. The van der Waals surface area contributed by atoms with Crippen molar-refractivity contribution >= 4 is 39.3 Å². The average Bonchev–Trinajstić information content (AvgIpc) is 3.24. The molecule has 146 valence electrons. The lowest BCUT2D eigenvalue weighted by atomic mass is 10.2. The molecule has 0 unspecified atom stereocenters. The van der Waals surface area contributed by atoms with Crippen LogP contribution in [0.2, 0.25) is 0 Å². The summed E-state index contributed by atoms with van der Waals surface area (Å²) in [6.45, 7) is 2.33. The van der Waals surface area contributed by atoms with Crippen molar-refractivity contribution in [3.63, 3.8) is 0 Å². The first-order chi connectivity index (χ1) is 14.1. The van der Waals surface area contributed by atoms with Crippen LogP contribution in [0.4, 0.5) is 11.5 Å². The third-order valence-corrected chi connectivity index (χ3v) is 4.78. The lowest BCUT2D eigenvalue weighted by molar-refractivity contribution is 0.518. The van der Waals surface area contributed by atoms with Crippen LogP contribution in [0.15, 0.2) is 79.8 Å². The fourth-order valence-electron chi connectivity index (χ4n) is 2.79. The van der Waals surface area contributed by atoms with Crippen molar-refractivity contribution < 1.29 is 4.42 Å². The second-order valence-corrected chi connectivity index (χ2v) is 7.34. The van der Waals surface area contributed by atoms with Gasteiger partial charge in [0.05, 0.1) is 24.7 Å². The molecule has 0 saturated carbocycles. The molecule has 0 aliphatic carbocycles. The molecule has 4 aromatic rings. The molecule has 0 bridgehead atoms. The van der Waals surface area contributed by atoms with E-state index in [0.29, 0.717) is 23.6 Å². The summed E-state index contributed by atoms with van der Waals surface area (Å²) >= 11 is 3.40. The number of nitrogens with zero attached hydrogens (tertiary/aromatic N) is 3. The summed E-state index contributed by atoms with van der Waals surface area (Å²) in [7, 11) is 0. The first kappa shape index (κ1) is 18.9. The van der Waals surface area contributed by atoms with Crippen LogP contribution in [0.1, 0.15) is 16.9 Å². The molecular weight excluding hydrogens is 434 g/mol. The third kappa shape index (κ3) is 4.38. The first-order valence-corrected chi connectivity index (χ1v) is 9.73. The Morgan fingerprint density at radius 2 is 2.03 bits per heavy atom. The number of nitrogens with one attached hydrogen (secondary N) is 2. The zero-order valence-electron chi connectivity index (χ0n) is 15.6. The van der Waals surface area contributed by atoms with E-state index in [0.717, 1.165) is 21.5 Å². The van der Waals surface area contributed by atoms with Crippen molar-refractivity contribution in [2.24, 2.45) is 5.10 Å². The van der Waals surface area contributed by atoms with Crippen LogP contribution in [0, 0.1) is 6.92 Å². The third-order valence-electron chi connectivity index (χ3n) is 4.25. The number of aryl methyl sites for hydroxylation is 1. The normalized spacial score (nSPS) is 11.2. The van der Waals surface area contributed by atoms with Gasteiger partial charge in [0.25, 0.3) is 5.56 Å². The maximum atomic E-state index is 13.1. The van der Waals surface area contributed by atoms with Crippen molar-refractivity contribution in [1.29, 1.82) is 0 Å². The Hall–Kier alpha value is -3.39. The Balaban J connectivity index is 1.69. The van der Waals surface area contributed by atoms with E-state index in [1.165, 1.54) is 10.6 Å². The van der Waals surface area contributed by atoms with Gasteiger partial charge >= 0.3 is 0 Å². The second-order valence-electron chi connectivity index (χ2n) is 6.42. The number of anilines is 2. The summed E-state index contributed by atoms with van der Waals surface area (Å²) < 4.78 is 7.85. The van der Waals surface area contributed by atoms with E-state index >= 15 is 0 Å². The number of halogens is 1. The van der Waals surface area contributed by atoms with E-state index in [1.807, 2.05) is 55.5 Å². The molecule has 0 fully saturated rings. The zero-order valence-corrected chi connectivity index (χ0v) is 17.2. The summed E-state index contributed by atoms with van der Waals surface area (Å²) in [6.07, 6.45) is 4.85. The molecule has 0 aliphatic heterocycles. The minimum atomic E-state index is -0.206. The maximum Gasteiger partial charge on any atom is 0.268 e. The lowest BCUT2D eigenvalue weighted by Crippen LogP contribution is -2.22. The van der Waals surface area contributed by atoms with Crippen molar-refractivity contribution in [2.75, 3.05) is 10.7 Å². The number of aromatic nitrogens is 2. The van der Waals surface area contributed by atoms with Crippen LogP contribution in [0.25, 0.3) is 5.65 Å². The molecule has 7 nitrogen and oxygen atoms in total. The van der Waals surface area contributed by atoms with Gasteiger partial charge in [-0.15, -0.1) is 0 Å². The lowest BCUT2D eigenvalue weighted by Gasteiger charge is -2.10. The minimum absolute atomic E-state index is 0.206. The number of hydrogen-bond acceptors (Lipinski definition) is 6. The van der Waals surface area contributed by atoms with Crippen LogP contribution in [0.3, 0.4) is 0 Å². The molecule has 29 heavy (non-hydrogen) atoms. The summed E-state index contributed by atoms with van der Waals surface area (Å²) in [4.78, 5) is 17.7. The number of fused-ring (bicyclic) bond motifs is 1. The van der Waals surface area contributed by atoms with Crippen molar-refractivity contribution in [1.82, 2.24) is 9.38 Å². The number of pyridine rings is 1. The Kier molecular flexibility index (Phi) is 5.44. The SMILES string of the molecule is Cc1ccc2nc(NCc3ccco3)c(/C=N\Nc3ccc(Br)cc3)c(=O)n2c1. The Bertz CT molecular complexity index is 1210. The Labute approximate surface area is 175 Å². The molecule has 3 aromatic heterocycles. The summed E-state index contributed by atoms with van der Waals surface area (Å²) in [6, 6.07) is 15.0. The van der Waals surface area contributed by atoms with E-state index in [4.69, 9.17) is 4.42 Å². The van der Waals surface area contributed by atoms with Crippen LogP contribution in [-0.2, 0) is 6.54 Å². The highest BCUT2D eigenvalue weighted by Crippen LogP contribution is 2.15. The summed E-state index contributed by atoms with van der Waals surface area (Å²) in [5, 5.41) is 7.41. The van der Waals surface area contributed by atoms with Crippen molar-refractivity contribution in [3.8, 4) is 0 Å².